The van der Waals surface area contributed by atoms with E-state index in [1.165, 1.54) is 0 Å². The highest BCUT2D eigenvalue weighted by Gasteiger charge is 2.28. The van der Waals surface area contributed by atoms with Gasteiger partial charge < -0.3 is 10.8 Å². The summed E-state index contributed by atoms with van der Waals surface area (Å²) in [5, 5.41) is 8.64. The van der Waals surface area contributed by atoms with Crippen LogP contribution in [0, 0.1) is 0 Å². The maximum absolute atomic E-state index is 10.5. The van der Waals surface area contributed by atoms with E-state index in [-0.39, 0.29) is 6.42 Å². The fourth-order valence-electron chi connectivity index (χ4n) is 1.51. The summed E-state index contributed by atoms with van der Waals surface area (Å²) < 4.78 is 0. The maximum Gasteiger partial charge on any atom is 0.305 e. The molecule has 1 atom stereocenters. The van der Waals surface area contributed by atoms with Gasteiger partial charge in [-0.3, -0.25) is 4.79 Å². The summed E-state index contributed by atoms with van der Waals surface area (Å²) >= 11 is 1.87. The van der Waals surface area contributed by atoms with Gasteiger partial charge in [0.15, 0.2) is 0 Å². The fourth-order valence-corrected chi connectivity index (χ4v) is 2.61. The standard InChI is InChI=1S/C8H15NO2S/c9-8(6-7(10)11)2-1-4-12-5-3-8/h1-6,9H2,(H,10,11). The summed E-state index contributed by atoms with van der Waals surface area (Å²) in [6.07, 6.45) is 2.86. The number of nitrogens with two attached hydrogens (primary N) is 1. The number of hydrogen-bond donors (Lipinski definition) is 2. The summed E-state index contributed by atoms with van der Waals surface area (Å²) in [6.45, 7) is 0. The zero-order chi connectivity index (χ0) is 9.03. The van der Waals surface area contributed by atoms with Crippen molar-refractivity contribution in [3.05, 3.63) is 0 Å². The average molecular weight is 189 g/mol. The molecular weight excluding hydrogens is 174 g/mol. The molecule has 3 nitrogen and oxygen atoms in total. The molecule has 3 N–H and O–H groups in total. The Hall–Kier alpha value is -0.220. The predicted molar refractivity (Wildman–Crippen MR) is 50.3 cm³/mol. The van der Waals surface area contributed by atoms with Crippen molar-refractivity contribution in [2.45, 2.75) is 31.2 Å². The molecule has 0 bridgehead atoms. The molecule has 0 radical (unpaired) electrons. The van der Waals surface area contributed by atoms with E-state index >= 15 is 0 Å². The van der Waals surface area contributed by atoms with Crippen LogP contribution in [0.5, 0.6) is 0 Å². The van der Waals surface area contributed by atoms with E-state index in [4.69, 9.17) is 10.8 Å². The number of aliphatic carboxylic acids is 1. The van der Waals surface area contributed by atoms with Gasteiger partial charge in [-0.15, -0.1) is 0 Å². The normalized spacial score (nSPS) is 31.1. The first-order valence-corrected chi connectivity index (χ1v) is 5.36. The lowest BCUT2D eigenvalue weighted by atomic mass is 9.88. The third-order valence-electron chi connectivity index (χ3n) is 2.21. The Kier molecular flexibility index (Phi) is 3.40. The first-order chi connectivity index (χ1) is 5.62. The van der Waals surface area contributed by atoms with Gasteiger partial charge in [-0.05, 0) is 30.8 Å². The Morgan fingerprint density at radius 2 is 2.25 bits per heavy atom. The van der Waals surface area contributed by atoms with Crippen LogP contribution in [0.2, 0.25) is 0 Å². The predicted octanol–water partition coefficient (Wildman–Crippen LogP) is 1.08. The summed E-state index contributed by atoms with van der Waals surface area (Å²) in [5.41, 5.74) is 5.53. The second-order valence-corrected chi connectivity index (χ2v) is 4.62. The lowest BCUT2D eigenvalue weighted by Gasteiger charge is -2.25. The van der Waals surface area contributed by atoms with Crippen LogP contribution in [-0.4, -0.2) is 28.1 Å². The van der Waals surface area contributed by atoms with Crippen LogP contribution >= 0.6 is 11.8 Å². The second kappa shape index (κ2) is 4.14. The minimum absolute atomic E-state index is 0.119. The Balaban J connectivity index is 2.48. The molecule has 0 aliphatic carbocycles. The highest BCUT2D eigenvalue weighted by Crippen LogP contribution is 2.26. The van der Waals surface area contributed by atoms with Crippen LogP contribution < -0.4 is 5.73 Å². The molecule has 1 fully saturated rings. The molecule has 0 aromatic carbocycles. The lowest BCUT2D eigenvalue weighted by Crippen LogP contribution is -2.41. The number of hydrogen-bond acceptors (Lipinski definition) is 3. The van der Waals surface area contributed by atoms with Gasteiger partial charge in [-0.1, -0.05) is 0 Å². The van der Waals surface area contributed by atoms with Crippen molar-refractivity contribution < 1.29 is 9.90 Å². The Morgan fingerprint density at radius 1 is 1.50 bits per heavy atom. The van der Waals surface area contributed by atoms with E-state index in [0.717, 1.165) is 30.8 Å². The van der Waals surface area contributed by atoms with Crippen molar-refractivity contribution in [3.8, 4) is 0 Å². The Labute approximate surface area is 76.7 Å². The maximum atomic E-state index is 10.5. The van der Waals surface area contributed by atoms with E-state index in [0.29, 0.717) is 0 Å². The molecule has 1 unspecified atom stereocenters. The SMILES string of the molecule is NC1(CC(=O)O)CCCSCC1. The molecule has 0 saturated carbocycles. The molecule has 1 aliphatic rings. The van der Waals surface area contributed by atoms with Crippen molar-refractivity contribution in [1.29, 1.82) is 0 Å². The quantitative estimate of drug-likeness (QED) is 0.682. The molecule has 0 aromatic heterocycles. The minimum Gasteiger partial charge on any atom is -0.481 e. The van der Waals surface area contributed by atoms with Crippen LogP contribution in [0.1, 0.15) is 25.7 Å². The van der Waals surface area contributed by atoms with Gasteiger partial charge >= 0.3 is 5.97 Å². The summed E-state index contributed by atoms with van der Waals surface area (Å²) in [7, 11) is 0. The van der Waals surface area contributed by atoms with Gasteiger partial charge in [0.2, 0.25) is 0 Å². The zero-order valence-corrected chi connectivity index (χ0v) is 7.90. The molecule has 1 saturated heterocycles. The van der Waals surface area contributed by atoms with Crippen LogP contribution in [0.3, 0.4) is 0 Å². The monoisotopic (exact) mass is 189 g/mol. The number of carbonyl (C=O) groups is 1. The van der Waals surface area contributed by atoms with Gasteiger partial charge in [-0.2, -0.15) is 11.8 Å². The van der Waals surface area contributed by atoms with Crippen molar-refractivity contribution in [2.75, 3.05) is 11.5 Å². The van der Waals surface area contributed by atoms with Crippen molar-refractivity contribution in [3.63, 3.8) is 0 Å². The molecule has 4 heteroatoms. The van der Waals surface area contributed by atoms with Gasteiger partial charge in [0.1, 0.15) is 0 Å². The van der Waals surface area contributed by atoms with Gasteiger partial charge in [0.05, 0.1) is 6.42 Å². The first-order valence-electron chi connectivity index (χ1n) is 4.21. The van der Waals surface area contributed by atoms with Gasteiger partial charge in [0.25, 0.3) is 0 Å². The van der Waals surface area contributed by atoms with Gasteiger partial charge in [-0.25, -0.2) is 0 Å². The topological polar surface area (TPSA) is 63.3 Å². The lowest BCUT2D eigenvalue weighted by molar-refractivity contribution is -0.138. The van der Waals surface area contributed by atoms with E-state index < -0.39 is 11.5 Å². The molecule has 0 spiro atoms. The van der Waals surface area contributed by atoms with E-state index in [1.54, 1.807) is 0 Å². The van der Waals surface area contributed by atoms with Crippen LogP contribution in [0.4, 0.5) is 0 Å². The fraction of sp³-hybridized carbons (Fsp3) is 0.875. The van der Waals surface area contributed by atoms with Crippen molar-refractivity contribution >= 4 is 17.7 Å². The Bertz CT molecular complexity index is 164. The largest absolute Gasteiger partial charge is 0.481 e. The van der Waals surface area contributed by atoms with E-state index in [1.807, 2.05) is 11.8 Å². The van der Waals surface area contributed by atoms with E-state index in [2.05, 4.69) is 0 Å². The average Bonchev–Trinajstić information content (AvgIpc) is 2.12. The van der Waals surface area contributed by atoms with Crippen molar-refractivity contribution in [2.24, 2.45) is 5.73 Å². The third kappa shape index (κ3) is 3.03. The number of carboxylic acids is 1. The Morgan fingerprint density at radius 3 is 2.92 bits per heavy atom. The molecule has 12 heavy (non-hydrogen) atoms. The van der Waals surface area contributed by atoms with Gasteiger partial charge in [0, 0.05) is 5.54 Å². The summed E-state index contributed by atoms with van der Waals surface area (Å²) in [4.78, 5) is 10.5. The molecule has 70 valence electrons. The zero-order valence-electron chi connectivity index (χ0n) is 7.08. The highest BCUT2D eigenvalue weighted by atomic mass is 32.2. The van der Waals surface area contributed by atoms with Crippen LogP contribution in [0.25, 0.3) is 0 Å². The van der Waals surface area contributed by atoms with Crippen molar-refractivity contribution in [1.82, 2.24) is 0 Å². The molecule has 0 amide bonds. The number of carboxylic acid groups (broad SMARTS) is 1. The molecule has 1 rings (SSSR count). The molecule has 1 heterocycles. The minimum atomic E-state index is -0.774. The summed E-state index contributed by atoms with van der Waals surface area (Å²) in [6, 6.07) is 0. The van der Waals surface area contributed by atoms with Crippen LogP contribution in [-0.2, 0) is 4.79 Å². The van der Waals surface area contributed by atoms with Crippen LogP contribution in [0.15, 0.2) is 0 Å². The number of thioether (sulfide) groups is 1. The smallest absolute Gasteiger partial charge is 0.305 e. The van der Waals surface area contributed by atoms with E-state index in [9.17, 15) is 4.79 Å². The number of rotatable bonds is 2. The molecule has 0 aromatic rings. The second-order valence-electron chi connectivity index (χ2n) is 3.40. The first kappa shape index (κ1) is 9.86. The molecule has 1 aliphatic heterocycles. The summed E-state index contributed by atoms with van der Waals surface area (Å²) in [5.74, 6) is 1.35. The third-order valence-corrected chi connectivity index (χ3v) is 3.28. The molecular formula is C8H15NO2S. The highest BCUT2D eigenvalue weighted by molar-refractivity contribution is 7.99.